The number of carbonyl (C=O) groups excluding carboxylic acids is 1. The van der Waals surface area contributed by atoms with E-state index >= 15 is 0 Å². The Balaban J connectivity index is 1.43. The Morgan fingerprint density at radius 3 is 2.27 bits per heavy atom. The Bertz CT molecular complexity index is 1390. The van der Waals surface area contributed by atoms with Crippen molar-refractivity contribution < 1.29 is 4.79 Å². The predicted octanol–water partition coefficient (Wildman–Crippen LogP) is 7.62. The highest BCUT2D eigenvalue weighted by Gasteiger charge is 2.53. The normalized spacial score (nSPS) is 24.9. The molecule has 1 heterocycles. The Kier molecular flexibility index (Phi) is 6.22. The molecule has 3 aromatic carbocycles. The van der Waals surface area contributed by atoms with Gasteiger partial charge in [-0.2, -0.15) is 0 Å². The van der Waals surface area contributed by atoms with Crippen molar-refractivity contribution in [2.75, 3.05) is 20.6 Å². The number of carbonyl (C=O) groups is 1. The molecule has 0 radical (unpaired) electrons. The van der Waals surface area contributed by atoms with E-state index in [1.54, 1.807) is 12.1 Å². The molecule has 5 heteroatoms. The summed E-state index contributed by atoms with van der Waals surface area (Å²) in [5.41, 5.74) is 7.31. The number of hydrogen-bond acceptors (Lipinski definition) is 2. The van der Waals surface area contributed by atoms with E-state index in [0.29, 0.717) is 22.2 Å². The fraction of sp³-hybridized carbons (Fsp3) is 0.344. The van der Waals surface area contributed by atoms with Gasteiger partial charge in [0.2, 0.25) is 0 Å². The second kappa shape index (κ2) is 9.31. The lowest BCUT2D eigenvalue weighted by Gasteiger charge is -2.56. The van der Waals surface area contributed by atoms with Gasteiger partial charge in [0.1, 0.15) is 0 Å². The van der Waals surface area contributed by atoms with Crippen molar-refractivity contribution in [3.63, 3.8) is 0 Å². The molecule has 1 amide bonds. The smallest absolute Gasteiger partial charge is 0.254 e. The summed E-state index contributed by atoms with van der Waals surface area (Å²) in [6.45, 7) is 0.715. The Morgan fingerprint density at radius 2 is 1.57 bits per heavy atom. The van der Waals surface area contributed by atoms with Crippen molar-refractivity contribution in [1.82, 2.24) is 9.80 Å². The van der Waals surface area contributed by atoms with Crippen LogP contribution in [0.5, 0.6) is 0 Å². The molecule has 3 aliphatic rings. The summed E-state index contributed by atoms with van der Waals surface area (Å²) in [7, 11) is 4.39. The molecule has 6 rings (SSSR count). The lowest BCUT2D eigenvalue weighted by molar-refractivity contribution is 0.00723. The summed E-state index contributed by atoms with van der Waals surface area (Å²) >= 11 is 12.5. The molecule has 0 bridgehead atoms. The van der Waals surface area contributed by atoms with E-state index in [1.165, 1.54) is 27.8 Å². The Hall–Kier alpha value is -2.59. The van der Waals surface area contributed by atoms with Crippen LogP contribution in [0, 0.1) is 0 Å². The zero-order valence-corrected chi connectivity index (χ0v) is 22.9. The summed E-state index contributed by atoms with van der Waals surface area (Å²) < 4.78 is 0. The van der Waals surface area contributed by atoms with E-state index < -0.39 is 0 Å². The molecule has 0 unspecified atom stereocenters. The van der Waals surface area contributed by atoms with Crippen molar-refractivity contribution in [3.8, 4) is 0 Å². The zero-order chi connectivity index (χ0) is 25.8. The van der Waals surface area contributed by atoms with E-state index in [2.05, 4.69) is 78.5 Å². The highest BCUT2D eigenvalue weighted by molar-refractivity contribution is 6.42. The van der Waals surface area contributed by atoms with Crippen LogP contribution in [0.2, 0.25) is 10.0 Å². The molecule has 37 heavy (non-hydrogen) atoms. The largest absolute Gasteiger partial charge is 0.329 e. The van der Waals surface area contributed by atoms with Crippen LogP contribution in [0.4, 0.5) is 0 Å². The van der Waals surface area contributed by atoms with Gasteiger partial charge >= 0.3 is 0 Å². The van der Waals surface area contributed by atoms with Crippen LogP contribution in [0.3, 0.4) is 0 Å². The van der Waals surface area contributed by atoms with Crippen molar-refractivity contribution in [3.05, 3.63) is 111 Å². The van der Waals surface area contributed by atoms with Gasteiger partial charge in [-0.25, -0.2) is 0 Å². The first-order chi connectivity index (χ1) is 17.9. The van der Waals surface area contributed by atoms with Gasteiger partial charge in [0.15, 0.2) is 0 Å². The molecular weight excluding hydrogens is 499 g/mol. The first-order valence-corrected chi connectivity index (χ1v) is 13.9. The standard InChI is InChI=1S/C32H32Cl2N2O/c1-35(2)31(24-9-4-3-5-10-24)15-17-32(18-16-31)27-20-22-8-6-7-11-25(22)26(27)14-19-36(32)30(37)23-12-13-28(33)29(34)21-23/h3-13,21H,14-20H2,1-2H3. The topological polar surface area (TPSA) is 23.6 Å². The van der Waals surface area contributed by atoms with Gasteiger partial charge in [0, 0.05) is 17.6 Å². The van der Waals surface area contributed by atoms with Gasteiger partial charge in [-0.1, -0.05) is 77.8 Å². The third-order valence-corrected chi connectivity index (χ3v) is 9.96. The minimum atomic E-state index is -0.301. The summed E-state index contributed by atoms with van der Waals surface area (Å²) in [6.07, 6.45) is 5.65. The van der Waals surface area contributed by atoms with Gasteiger partial charge in [-0.05, 0) is 98.7 Å². The fourth-order valence-corrected chi connectivity index (χ4v) is 7.53. The summed E-state index contributed by atoms with van der Waals surface area (Å²) in [6, 6.07) is 24.9. The SMILES string of the molecule is CN(C)C1(c2ccccc2)CCC2(CC1)C1=C(CCN2C(=O)c2ccc(Cl)c(Cl)c2)c2ccccc2C1. The van der Waals surface area contributed by atoms with Crippen molar-refractivity contribution in [1.29, 1.82) is 0 Å². The van der Waals surface area contributed by atoms with Crippen LogP contribution in [0.25, 0.3) is 5.57 Å². The van der Waals surface area contributed by atoms with Crippen LogP contribution in [-0.2, 0) is 12.0 Å². The molecule has 1 fully saturated rings. The quantitative estimate of drug-likeness (QED) is 0.347. The van der Waals surface area contributed by atoms with Crippen LogP contribution < -0.4 is 0 Å². The zero-order valence-electron chi connectivity index (χ0n) is 21.4. The van der Waals surface area contributed by atoms with Gasteiger partial charge in [0.05, 0.1) is 15.6 Å². The molecule has 0 N–H and O–H groups in total. The Labute approximate surface area is 229 Å². The molecule has 0 atom stereocenters. The lowest BCUT2D eigenvalue weighted by Crippen LogP contribution is -2.60. The van der Waals surface area contributed by atoms with Crippen LogP contribution >= 0.6 is 23.2 Å². The van der Waals surface area contributed by atoms with E-state index in [4.69, 9.17) is 23.2 Å². The maximum atomic E-state index is 14.2. The second-order valence-electron chi connectivity index (χ2n) is 11.0. The molecule has 1 saturated carbocycles. The number of fused-ring (bicyclic) bond motifs is 3. The van der Waals surface area contributed by atoms with Crippen LogP contribution in [0.1, 0.15) is 59.2 Å². The average Bonchev–Trinajstić information content (AvgIpc) is 3.31. The summed E-state index contributed by atoms with van der Waals surface area (Å²) in [5.74, 6) is 0.0538. The highest BCUT2D eigenvalue weighted by atomic mass is 35.5. The highest BCUT2D eigenvalue weighted by Crippen LogP contribution is 2.55. The van der Waals surface area contributed by atoms with Crippen molar-refractivity contribution in [2.45, 2.75) is 49.6 Å². The molecule has 1 aliphatic heterocycles. The number of amides is 1. The third kappa shape index (κ3) is 3.86. The average molecular weight is 532 g/mol. The number of rotatable bonds is 3. The molecule has 3 aromatic rings. The van der Waals surface area contributed by atoms with Crippen LogP contribution in [-0.4, -0.2) is 41.9 Å². The summed E-state index contributed by atoms with van der Waals surface area (Å²) in [4.78, 5) is 18.7. The maximum absolute atomic E-state index is 14.2. The number of halogens is 2. The summed E-state index contributed by atoms with van der Waals surface area (Å²) in [5, 5.41) is 0.894. The molecule has 0 saturated heterocycles. The lowest BCUT2D eigenvalue weighted by atomic mass is 9.63. The van der Waals surface area contributed by atoms with Crippen molar-refractivity contribution >= 4 is 34.7 Å². The number of benzene rings is 3. The fourth-order valence-electron chi connectivity index (χ4n) is 7.23. The molecule has 1 spiro atoms. The first kappa shape index (κ1) is 24.7. The molecule has 190 valence electrons. The van der Waals surface area contributed by atoms with Crippen molar-refractivity contribution in [2.24, 2.45) is 0 Å². The maximum Gasteiger partial charge on any atom is 0.254 e. The van der Waals surface area contributed by atoms with E-state index in [9.17, 15) is 4.79 Å². The second-order valence-corrected chi connectivity index (χ2v) is 11.8. The number of nitrogens with zero attached hydrogens (tertiary/aromatic N) is 2. The minimum absolute atomic E-state index is 0.0472. The van der Waals surface area contributed by atoms with Gasteiger partial charge in [0.25, 0.3) is 5.91 Å². The molecule has 2 aliphatic carbocycles. The predicted molar refractivity (Wildman–Crippen MR) is 152 cm³/mol. The minimum Gasteiger partial charge on any atom is -0.329 e. The third-order valence-electron chi connectivity index (χ3n) is 9.22. The number of hydrogen-bond donors (Lipinski definition) is 0. The van der Waals surface area contributed by atoms with Crippen LogP contribution in [0.15, 0.2) is 78.4 Å². The monoisotopic (exact) mass is 530 g/mol. The van der Waals surface area contributed by atoms with E-state index in [-0.39, 0.29) is 17.0 Å². The first-order valence-electron chi connectivity index (χ1n) is 13.2. The molecule has 0 aromatic heterocycles. The molecular formula is C32H32Cl2N2O. The van der Waals surface area contributed by atoms with E-state index in [0.717, 1.165) is 38.5 Å². The van der Waals surface area contributed by atoms with Gasteiger partial charge in [-0.3, -0.25) is 9.69 Å². The van der Waals surface area contributed by atoms with E-state index in [1.807, 2.05) is 6.07 Å². The van der Waals surface area contributed by atoms with Gasteiger partial charge in [-0.15, -0.1) is 0 Å². The molecule has 3 nitrogen and oxygen atoms in total. The van der Waals surface area contributed by atoms with Gasteiger partial charge < -0.3 is 4.90 Å². The Morgan fingerprint density at radius 1 is 0.865 bits per heavy atom.